The normalized spacial score (nSPS) is 20.5. The summed E-state index contributed by atoms with van der Waals surface area (Å²) in [4.78, 5) is 1.24. The van der Waals surface area contributed by atoms with Crippen molar-refractivity contribution in [3.8, 4) is 0 Å². The molecule has 1 fully saturated rings. The molecule has 0 radical (unpaired) electrons. The largest absolute Gasteiger partial charge is 0.387 e. The molecular formula is C8H10BrNOS. The number of aliphatic hydroxyl groups is 1. The Bertz CT molecular complexity index is 282. The van der Waals surface area contributed by atoms with Crippen molar-refractivity contribution in [1.29, 1.82) is 0 Å². The van der Waals surface area contributed by atoms with Crippen molar-refractivity contribution in [2.75, 3.05) is 13.1 Å². The van der Waals surface area contributed by atoms with Crippen LogP contribution in [0.2, 0.25) is 0 Å². The zero-order valence-corrected chi connectivity index (χ0v) is 8.91. The molecule has 2 rings (SSSR count). The fourth-order valence-corrected chi connectivity index (χ4v) is 2.90. The highest BCUT2D eigenvalue weighted by Crippen LogP contribution is 2.25. The molecule has 2 nitrogen and oxygen atoms in total. The number of β-amino-alcohol motifs (C(OH)–C–C–N with tert-alkyl or cyclic N) is 1. The maximum atomic E-state index is 9.80. The first-order chi connectivity index (χ1) is 5.68. The van der Waals surface area contributed by atoms with Gasteiger partial charge in [0.1, 0.15) is 0 Å². The van der Waals surface area contributed by atoms with E-state index in [0.717, 1.165) is 24.0 Å². The third-order valence-electron chi connectivity index (χ3n) is 2.03. The molecule has 1 aromatic rings. The van der Waals surface area contributed by atoms with E-state index < -0.39 is 5.60 Å². The van der Waals surface area contributed by atoms with Gasteiger partial charge < -0.3 is 10.4 Å². The van der Waals surface area contributed by atoms with Gasteiger partial charge in [-0.3, -0.25) is 0 Å². The predicted molar refractivity (Wildman–Crippen MR) is 53.5 cm³/mol. The van der Waals surface area contributed by atoms with E-state index in [1.165, 1.54) is 4.88 Å². The van der Waals surface area contributed by atoms with Crippen molar-refractivity contribution in [1.82, 2.24) is 5.32 Å². The van der Waals surface area contributed by atoms with E-state index in [1.54, 1.807) is 11.3 Å². The lowest BCUT2D eigenvalue weighted by molar-refractivity contribution is -0.00834. The maximum Gasteiger partial charge on any atom is 0.0943 e. The lowest BCUT2D eigenvalue weighted by atomic mass is 9.92. The standard InChI is InChI=1S/C8H10BrNOS/c9-6-1-7(12-3-6)2-8(11)4-10-5-8/h1,3,10-11H,2,4-5H2. The zero-order valence-electron chi connectivity index (χ0n) is 6.51. The van der Waals surface area contributed by atoms with Crippen LogP contribution in [0.4, 0.5) is 0 Å². The average Bonchev–Trinajstić information content (AvgIpc) is 2.32. The molecule has 0 aromatic carbocycles. The molecule has 0 unspecified atom stereocenters. The van der Waals surface area contributed by atoms with Gasteiger partial charge in [-0.05, 0) is 22.0 Å². The van der Waals surface area contributed by atoms with Gasteiger partial charge in [0.25, 0.3) is 0 Å². The molecule has 2 N–H and O–H groups in total. The SMILES string of the molecule is OC1(Cc2cc(Br)cs2)CNC1. The van der Waals surface area contributed by atoms with Crippen molar-refractivity contribution in [3.63, 3.8) is 0 Å². The van der Waals surface area contributed by atoms with Crippen LogP contribution in [-0.4, -0.2) is 23.8 Å². The lowest BCUT2D eigenvalue weighted by Gasteiger charge is -2.37. The Hall–Kier alpha value is 0.1000. The molecule has 12 heavy (non-hydrogen) atoms. The van der Waals surface area contributed by atoms with Crippen LogP contribution in [0, 0.1) is 0 Å². The summed E-state index contributed by atoms with van der Waals surface area (Å²) < 4.78 is 1.11. The fourth-order valence-electron chi connectivity index (χ4n) is 1.31. The minimum atomic E-state index is -0.482. The topological polar surface area (TPSA) is 32.3 Å². The van der Waals surface area contributed by atoms with Crippen molar-refractivity contribution in [2.45, 2.75) is 12.0 Å². The van der Waals surface area contributed by atoms with Crippen LogP contribution in [0.1, 0.15) is 4.88 Å². The fraction of sp³-hybridized carbons (Fsp3) is 0.500. The summed E-state index contributed by atoms with van der Waals surface area (Å²) in [5, 5.41) is 14.9. The number of hydrogen-bond acceptors (Lipinski definition) is 3. The van der Waals surface area contributed by atoms with Crippen LogP contribution in [0.15, 0.2) is 15.9 Å². The van der Waals surface area contributed by atoms with Gasteiger partial charge in [-0.25, -0.2) is 0 Å². The molecule has 1 aromatic heterocycles. The second-order valence-corrected chi connectivity index (χ2v) is 5.15. The Morgan fingerprint density at radius 1 is 1.67 bits per heavy atom. The van der Waals surface area contributed by atoms with Gasteiger partial charge in [0.05, 0.1) is 5.60 Å². The van der Waals surface area contributed by atoms with Crippen LogP contribution in [0.5, 0.6) is 0 Å². The summed E-state index contributed by atoms with van der Waals surface area (Å²) >= 11 is 5.08. The summed E-state index contributed by atoms with van der Waals surface area (Å²) in [6, 6.07) is 2.07. The van der Waals surface area contributed by atoms with Crippen LogP contribution >= 0.6 is 27.3 Å². The van der Waals surface area contributed by atoms with Gasteiger partial charge in [0, 0.05) is 34.2 Å². The number of halogens is 1. The highest BCUT2D eigenvalue weighted by Gasteiger charge is 2.34. The van der Waals surface area contributed by atoms with Gasteiger partial charge in [0.15, 0.2) is 0 Å². The van der Waals surface area contributed by atoms with E-state index in [4.69, 9.17) is 0 Å². The molecule has 4 heteroatoms. The number of nitrogens with one attached hydrogen (secondary N) is 1. The van der Waals surface area contributed by atoms with Crippen molar-refractivity contribution < 1.29 is 5.11 Å². The first kappa shape index (κ1) is 8.69. The highest BCUT2D eigenvalue weighted by molar-refractivity contribution is 9.10. The summed E-state index contributed by atoms with van der Waals surface area (Å²) in [5.74, 6) is 0. The molecular weight excluding hydrogens is 238 g/mol. The quantitative estimate of drug-likeness (QED) is 0.828. The zero-order chi connectivity index (χ0) is 8.60. The molecule has 0 saturated carbocycles. The summed E-state index contributed by atoms with van der Waals surface area (Å²) in [7, 11) is 0. The molecule has 2 heterocycles. The van der Waals surface area contributed by atoms with Crippen LogP contribution in [0.25, 0.3) is 0 Å². The van der Waals surface area contributed by atoms with Crippen molar-refractivity contribution in [3.05, 3.63) is 20.8 Å². The molecule has 0 spiro atoms. The Morgan fingerprint density at radius 2 is 2.42 bits per heavy atom. The molecule has 1 aliphatic rings. The minimum Gasteiger partial charge on any atom is -0.387 e. The molecule has 0 atom stereocenters. The van der Waals surface area contributed by atoms with Crippen LogP contribution < -0.4 is 5.32 Å². The smallest absolute Gasteiger partial charge is 0.0943 e. The number of hydrogen-bond donors (Lipinski definition) is 2. The van der Waals surface area contributed by atoms with E-state index in [-0.39, 0.29) is 0 Å². The molecule has 66 valence electrons. The first-order valence-electron chi connectivity index (χ1n) is 3.84. The Morgan fingerprint density at radius 3 is 2.83 bits per heavy atom. The second kappa shape index (κ2) is 3.10. The second-order valence-electron chi connectivity index (χ2n) is 3.24. The van der Waals surface area contributed by atoms with Crippen molar-refractivity contribution in [2.24, 2.45) is 0 Å². The molecule has 1 aliphatic heterocycles. The van der Waals surface area contributed by atoms with E-state index in [9.17, 15) is 5.11 Å². The van der Waals surface area contributed by atoms with Crippen LogP contribution in [0.3, 0.4) is 0 Å². The van der Waals surface area contributed by atoms with Gasteiger partial charge in [-0.1, -0.05) is 0 Å². The highest BCUT2D eigenvalue weighted by atomic mass is 79.9. The Balaban J connectivity index is 2.03. The minimum absolute atomic E-state index is 0.482. The van der Waals surface area contributed by atoms with Gasteiger partial charge in [0.2, 0.25) is 0 Å². The summed E-state index contributed by atoms with van der Waals surface area (Å²) in [6.07, 6.45) is 0.774. The van der Waals surface area contributed by atoms with E-state index in [2.05, 4.69) is 27.3 Å². The third-order valence-corrected chi connectivity index (χ3v) is 3.73. The van der Waals surface area contributed by atoms with Crippen molar-refractivity contribution >= 4 is 27.3 Å². The van der Waals surface area contributed by atoms with Gasteiger partial charge in [-0.15, -0.1) is 11.3 Å². The Labute approximate surface area is 83.7 Å². The number of rotatable bonds is 2. The maximum absolute atomic E-state index is 9.80. The van der Waals surface area contributed by atoms with Gasteiger partial charge >= 0.3 is 0 Å². The average molecular weight is 248 g/mol. The monoisotopic (exact) mass is 247 g/mol. The Kier molecular flexibility index (Phi) is 2.25. The van der Waals surface area contributed by atoms with Gasteiger partial charge in [-0.2, -0.15) is 0 Å². The van der Waals surface area contributed by atoms with Crippen LogP contribution in [-0.2, 0) is 6.42 Å². The molecule has 0 amide bonds. The predicted octanol–water partition coefficient (Wildman–Crippen LogP) is 1.39. The number of thiophene rings is 1. The molecule has 0 bridgehead atoms. The first-order valence-corrected chi connectivity index (χ1v) is 5.51. The molecule has 0 aliphatic carbocycles. The summed E-state index contributed by atoms with van der Waals surface area (Å²) in [5.41, 5.74) is -0.482. The van der Waals surface area contributed by atoms with E-state index in [1.807, 2.05) is 5.38 Å². The summed E-state index contributed by atoms with van der Waals surface area (Å²) in [6.45, 7) is 1.45. The third kappa shape index (κ3) is 1.71. The van der Waals surface area contributed by atoms with E-state index >= 15 is 0 Å². The van der Waals surface area contributed by atoms with E-state index in [0.29, 0.717) is 0 Å². The lowest BCUT2D eigenvalue weighted by Crippen LogP contribution is -2.60. The molecule has 1 saturated heterocycles.